The largest absolute Gasteiger partial charge is 0.486 e. The van der Waals surface area contributed by atoms with Crippen molar-refractivity contribution >= 4 is 17.4 Å². The summed E-state index contributed by atoms with van der Waals surface area (Å²) in [7, 11) is 0. The second-order valence-corrected chi connectivity index (χ2v) is 8.17. The zero-order chi connectivity index (χ0) is 20.1. The number of rotatable bonds is 7. The van der Waals surface area contributed by atoms with Gasteiger partial charge in [0.1, 0.15) is 0 Å². The molecule has 0 amide bonds. The SMILES string of the molecule is CC(C)(C)c1ccc(-c2nnc(SCCOc3ccccc3[N+](=O)[O-])o2)cc1. The molecule has 1 heterocycles. The van der Waals surface area contributed by atoms with Crippen LogP contribution in [0.4, 0.5) is 5.69 Å². The third kappa shape index (κ3) is 4.89. The van der Waals surface area contributed by atoms with Crippen molar-refractivity contribution in [2.75, 3.05) is 12.4 Å². The molecular formula is C20H21N3O4S. The highest BCUT2D eigenvalue weighted by molar-refractivity contribution is 7.99. The lowest BCUT2D eigenvalue weighted by Crippen LogP contribution is -2.10. The van der Waals surface area contributed by atoms with E-state index in [2.05, 4.69) is 43.1 Å². The molecule has 0 aliphatic carbocycles. The fourth-order valence-corrected chi connectivity index (χ4v) is 3.09. The van der Waals surface area contributed by atoms with E-state index < -0.39 is 4.92 Å². The van der Waals surface area contributed by atoms with Crippen LogP contribution in [0.25, 0.3) is 11.5 Å². The van der Waals surface area contributed by atoms with Crippen molar-refractivity contribution in [2.24, 2.45) is 0 Å². The number of para-hydroxylation sites is 2. The Kier molecular flexibility index (Phi) is 5.99. The van der Waals surface area contributed by atoms with Gasteiger partial charge in [0.05, 0.1) is 11.5 Å². The van der Waals surface area contributed by atoms with Gasteiger partial charge in [-0.05, 0) is 29.2 Å². The normalized spacial score (nSPS) is 11.4. The number of nitro benzene ring substituents is 1. The predicted molar refractivity (Wildman–Crippen MR) is 108 cm³/mol. The van der Waals surface area contributed by atoms with E-state index in [1.807, 2.05) is 12.1 Å². The van der Waals surface area contributed by atoms with Crippen LogP contribution in [0.15, 0.2) is 58.2 Å². The summed E-state index contributed by atoms with van der Waals surface area (Å²) in [6, 6.07) is 14.4. The monoisotopic (exact) mass is 399 g/mol. The molecule has 0 unspecified atom stereocenters. The van der Waals surface area contributed by atoms with Crippen molar-refractivity contribution in [3.8, 4) is 17.2 Å². The second-order valence-electron chi connectivity index (χ2n) is 7.12. The molecule has 0 saturated heterocycles. The predicted octanol–water partition coefficient (Wildman–Crippen LogP) is 5.11. The molecule has 3 rings (SSSR count). The average Bonchev–Trinajstić information content (AvgIpc) is 3.14. The van der Waals surface area contributed by atoms with E-state index in [4.69, 9.17) is 9.15 Å². The van der Waals surface area contributed by atoms with Gasteiger partial charge in [-0.2, -0.15) is 0 Å². The smallest absolute Gasteiger partial charge is 0.310 e. The molecule has 0 aliphatic heterocycles. The van der Waals surface area contributed by atoms with Gasteiger partial charge in [-0.3, -0.25) is 10.1 Å². The molecule has 3 aromatic rings. The molecule has 0 fully saturated rings. The van der Waals surface area contributed by atoms with E-state index in [9.17, 15) is 10.1 Å². The first-order chi connectivity index (χ1) is 13.3. The Morgan fingerprint density at radius 2 is 1.82 bits per heavy atom. The number of hydrogen-bond acceptors (Lipinski definition) is 7. The van der Waals surface area contributed by atoms with Crippen LogP contribution in [-0.2, 0) is 5.41 Å². The molecule has 0 saturated carbocycles. The fraction of sp³-hybridized carbons (Fsp3) is 0.300. The highest BCUT2D eigenvalue weighted by Gasteiger charge is 2.16. The van der Waals surface area contributed by atoms with Crippen LogP contribution in [0.2, 0.25) is 0 Å². The van der Waals surface area contributed by atoms with Crippen molar-refractivity contribution < 1.29 is 14.1 Å². The molecule has 0 bridgehead atoms. The summed E-state index contributed by atoms with van der Waals surface area (Å²) in [4.78, 5) is 10.5. The molecule has 146 valence electrons. The third-order valence-electron chi connectivity index (χ3n) is 4.03. The molecule has 0 atom stereocenters. The van der Waals surface area contributed by atoms with Crippen molar-refractivity contribution in [3.05, 3.63) is 64.2 Å². The van der Waals surface area contributed by atoms with Crippen LogP contribution >= 0.6 is 11.8 Å². The third-order valence-corrected chi connectivity index (χ3v) is 4.82. The summed E-state index contributed by atoms with van der Waals surface area (Å²) in [5.41, 5.74) is 2.13. The molecule has 0 N–H and O–H groups in total. The molecule has 7 nitrogen and oxygen atoms in total. The van der Waals surface area contributed by atoms with Gasteiger partial charge in [0.15, 0.2) is 5.75 Å². The number of nitro groups is 1. The first kappa shape index (κ1) is 19.9. The standard InChI is InChI=1S/C20H21N3O4S/c1-20(2,3)15-10-8-14(9-11-15)18-21-22-19(27-18)28-13-12-26-17-7-5-4-6-16(17)23(24)25/h4-11H,12-13H2,1-3H3. The van der Waals surface area contributed by atoms with Crippen molar-refractivity contribution in [1.82, 2.24) is 10.2 Å². The van der Waals surface area contributed by atoms with E-state index in [-0.39, 0.29) is 23.5 Å². The van der Waals surface area contributed by atoms with E-state index in [0.29, 0.717) is 16.9 Å². The van der Waals surface area contributed by atoms with Crippen molar-refractivity contribution in [2.45, 2.75) is 31.4 Å². The first-order valence-corrected chi connectivity index (χ1v) is 9.76. The lowest BCUT2D eigenvalue weighted by Gasteiger charge is -2.18. The minimum absolute atomic E-state index is 0.0497. The van der Waals surface area contributed by atoms with Gasteiger partial charge in [0.2, 0.25) is 5.89 Å². The Morgan fingerprint density at radius 3 is 2.50 bits per heavy atom. The molecule has 2 aromatic carbocycles. The summed E-state index contributed by atoms with van der Waals surface area (Å²) in [5.74, 6) is 1.23. The maximum absolute atomic E-state index is 11.0. The number of aromatic nitrogens is 2. The summed E-state index contributed by atoms with van der Waals surface area (Å²) in [6.07, 6.45) is 0. The molecule has 28 heavy (non-hydrogen) atoms. The molecule has 0 radical (unpaired) electrons. The quantitative estimate of drug-likeness (QED) is 0.236. The van der Waals surface area contributed by atoms with Gasteiger partial charge in [-0.15, -0.1) is 10.2 Å². The average molecular weight is 399 g/mol. The zero-order valence-electron chi connectivity index (χ0n) is 15.9. The van der Waals surface area contributed by atoms with E-state index >= 15 is 0 Å². The van der Waals surface area contributed by atoms with E-state index in [1.165, 1.54) is 23.4 Å². The van der Waals surface area contributed by atoms with Crippen LogP contribution in [0.5, 0.6) is 5.75 Å². The molecule has 0 aliphatic rings. The Hall–Kier alpha value is -2.87. The lowest BCUT2D eigenvalue weighted by molar-refractivity contribution is -0.385. The fourth-order valence-electron chi connectivity index (χ4n) is 2.51. The highest BCUT2D eigenvalue weighted by atomic mass is 32.2. The van der Waals surface area contributed by atoms with Crippen LogP contribution < -0.4 is 4.74 Å². The van der Waals surface area contributed by atoms with Crippen LogP contribution in [0, 0.1) is 10.1 Å². The van der Waals surface area contributed by atoms with E-state index in [1.54, 1.807) is 18.2 Å². The maximum atomic E-state index is 11.0. The molecule has 0 spiro atoms. The summed E-state index contributed by atoms with van der Waals surface area (Å²) >= 11 is 1.34. The Morgan fingerprint density at radius 1 is 1.11 bits per heavy atom. The number of benzene rings is 2. The molecular weight excluding hydrogens is 378 g/mol. The van der Waals surface area contributed by atoms with Crippen LogP contribution in [0.1, 0.15) is 26.3 Å². The van der Waals surface area contributed by atoms with Gasteiger partial charge in [-0.1, -0.05) is 56.8 Å². The number of hydrogen-bond donors (Lipinski definition) is 0. The topological polar surface area (TPSA) is 91.3 Å². The van der Waals surface area contributed by atoms with Gasteiger partial charge >= 0.3 is 5.69 Å². The van der Waals surface area contributed by atoms with Gasteiger partial charge in [0.25, 0.3) is 5.22 Å². The highest BCUT2D eigenvalue weighted by Crippen LogP contribution is 2.28. The number of ether oxygens (including phenoxy) is 1. The lowest BCUT2D eigenvalue weighted by atomic mass is 9.87. The van der Waals surface area contributed by atoms with Crippen LogP contribution in [-0.4, -0.2) is 27.5 Å². The molecule has 1 aromatic heterocycles. The summed E-state index contributed by atoms with van der Waals surface area (Å²) in [6.45, 7) is 6.77. The van der Waals surface area contributed by atoms with Crippen LogP contribution in [0.3, 0.4) is 0 Å². The van der Waals surface area contributed by atoms with E-state index in [0.717, 1.165) is 5.56 Å². The van der Waals surface area contributed by atoms with Crippen molar-refractivity contribution in [3.63, 3.8) is 0 Å². The summed E-state index contributed by atoms with van der Waals surface area (Å²) < 4.78 is 11.2. The van der Waals surface area contributed by atoms with Gasteiger partial charge in [0, 0.05) is 17.4 Å². The molecule has 8 heteroatoms. The maximum Gasteiger partial charge on any atom is 0.310 e. The minimum atomic E-state index is -0.461. The Balaban J connectivity index is 1.55. The first-order valence-electron chi connectivity index (χ1n) is 8.78. The number of thioether (sulfide) groups is 1. The second kappa shape index (κ2) is 8.43. The minimum Gasteiger partial charge on any atom is -0.486 e. The van der Waals surface area contributed by atoms with Gasteiger partial charge < -0.3 is 9.15 Å². The summed E-state index contributed by atoms with van der Waals surface area (Å²) in [5, 5.41) is 19.5. The number of nitrogens with zero attached hydrogens (tertiary/aromatic N) is 3. The Bertz CT molecular complexity index is 949. The zero-order valence-corrected chi connectivity index (χ0v) is 16.7. The van der Waals surface area contributed by atoms with Crippen molar-refractivity contribution in [1.29, 1.82) is 0 Å². The van der Waals surface area contributed by atoms with Gasteiger partial charge in [-0.25, -0.2) is 0 Å². The Labute approximate surface area is 167 Å².